The van der Waals surface area contributed by atoms with Crippen molar-refractivity contribution in [3.63, 3.8) is 0 Å². The Morgan fingerprint density at radius 1 is 1.31 bits per heavy atom. The van der Waals surface area contributed by atoms with Gasteiger partial charge in [-0.2, -0.15) is 0 Å². The number of carbonyl (C=O) groups is 1. The van der Waals surface area contributed by atoms with Gasteiger partial charge in [-0.1, -0.05) is 48.5 Å². The number of nitrogens with one attached hydrogen (secondary N) is 1. The van der Waals surface area contributed by atoms with Gasteiger partial charge in [0.15, 0.2) is 0 Å². The molecule has 0 radical (unpaired) electrons. The molecule has 0 bridgehead atoms. The number of carbonyl (C=O) groups excluding carboxylic acids is 1. The molecule has 2 aromatic carbocycles. The quantitative estimate of drug-likeness (QED) is 0.595. The molecule has 1 aliphatic rings. The van der Waals surface area contributed by atoms with Gasteiger partial charge in [0.25, 0.3) is 0 Å². The Balaban J connectivity index is 1.67. The largest absolute Gasteiger partial charge is 0.466 e. The van der Waals surface area contributed by atoms with Gasteiger partial charge in [0.1, 0.15) is 0 Å². The van der Waals surface area contributed by atoms with E-state index in [0.717, 1.165) is 24.8 Å². The molecule has 0 saturated carbocycles. The maximum Gasteiger partial charge on any atom is 0.330 e. The van der Waals surface area contributed by atoms with E-state index in [0.29, 0.717) is 0 Å². The van der Waals surface area contributed by atoms with Gasteiger partial charge in [-0.25, -0.2) is 4.79 Å². The van der Waals surface area contributed by atoms with Crippen molar-refractivity contribution in [1.82, 2.24) is 5.32 Å². The van der Waals surface area contributed by atoms with E-state index in [1.165, 1.54) is 29.9 Å². The Morgan fingerprint density at radius 2 is 2.12 bits per heavy atom. The lowest BCUT2D eigenvalue weighted by Gasteiger charge is -2.22. The van der Waals surface area contributed by atoms with E-state index < -0.39 is 0 Å². The fourth-order valence-electron chi connectivity index (χ4n) is 3.51. The molecular formula is C22H25NO3. The molecule has 4 nitrogen and oxygen atoms in total. The van der Waals surface area contributed by atoms with Crippen molar-refractivity contribution in [2.75, 3.05) is 13.7 Å². The van der Waals surface area contributed by atoms with E-state index in [2.05, 4.69) is 34.3 Å². The lowest BCUT2D eigenvalue weighted by atomic mass is 10.0. The Kier molecular flexibility index (Phi) is 6.21. The van der Waals surface area contributed by atoms with Crippen LogP contribution in [0.25, 0.3) is 6.08 Å². The lowest BCUT2D eigenvalue weighted by Crippen LogP contribution is -2.36. The molecule has 0 aliphatic heterocycles. The van der Waals surface area contributed by atoms with Crippen LogP contribution in [0, 0.1) is 0 Å². The summed E-state index contributed by atoms with van der Waals surface area (Å²) < 4.78 is 4.63. The van der Waals surface area contributed by atoms with Crippen molar-refractivity contribution in [2.24, 2.45) is 0 Å². The van der Waals surface area contributed by atoms with Crippen molar-refractivity contribution >= 4 is 12.0 Å². The minimum Gasteiger partial charge on any atom is -0.466 e. The number of benzene rings is 2. The third-order valence-corrected chi connectivity index (χ3v) is 4.84. The molecule has 26 heavy (non-hydrogen) atoms. The number of fused-ring (bicyclic) bond motifs is 1. The fraction of sp³-hybridized carbons (Fsp3) is 0.318. The number of esters is 1. The van der Waals surface area contributed by atoms with E-state index in [-0.39, 0.29) is 24.7 Å². The summed E-state index contributed by atoms with van der Waals surface area (Å²) in [6.45, 7) is 0.112. The van der Waals surface area contributed by atoms with Gasteiger partial charge in [-0.3, -0.25) is 0 Å². The van der Waals surface area contributed by atoms with Crippen molar-refractivity contribution in [1.29, 1.82) is 0 Å². The number of rotatable bonds is 7. The van der Waals surface area contributed by atoms with E-state index in [1.807, 2.05) is 24.3 Å². The first kappa shape index (κ1) is 18.4. The molecule has 0 fully saturated rings. The normalized spacial score (nSPS) is 17.2. The second-order valence-corrected chi connectivity index (χ2v) is 6.64. The first-order valence-electron chi connectivity index (χ1n) is 8.99. The molecule has 2 N–H and O–H groups in total. The summed E-state index contributed by atoms with van der Waals surface area (Å²) in [4.78, 5) is 11.2. The van der Waals surface area contributed by atoms with Crippen LogP contribution < -0.4 is 5.32 Å². The number of aliphatic hydroxyl groups is 1. The average Bonchev–Trinajstić information content (AvgIpc) is 3.08. The summed E-state index contributed by atoms with van der Waals surface area (Å²) in [5, 5.41) is 13.4. The predicted molar refractivity (Wildman–Crippen MR) is 103 cm³/mol. The monoisotopic (exact) mass is 351 g/mol. The second-order valence-electron chi connectivity index (χ2n) is 6.64. The molecule has 1 aliphatic carbocycles. The lowest BCUT2D eigenvalue weighted by molar-refractivity contribution is -0.134. The van der Waals surface area contributed by atoms with E-state index >= 15 is 0 Å². The van der Waals surface area contributed by atoms with Crippen molar-refractivity contribution in [3.8, 4) is 0 Å². The fourth-order valence-corrected chi connectivity index (χ4v) is 3.51. The molecule has 0 aromatic heterocycles. The minimum atomic E-state index is -0.350. The summed E-state index contributed by atoms with van der Waals surface area (Å²) >= 11 is 0. The molecular weight excluding hydrogens is 326 g/mol. The molecule has 4 heteroatoms. The van der Waals surface area contributed by atoms with Gasteiger partial charge in [-0.05, 0) is 47.6 Å². The average molecular weight is 351 g/mol. The molecule has 2 aromatic rings. The first-order chi connectivity index (χ1) is 12.7. The summed E-state index contributed by atoms with van der Waals surface area (Å²) in [5.41, 5.74) is 4.80. The highest BCUT2D eigenvalue weighted by atomic mass is 16.5. The molecule has 0 saturated heterocycles. The van der Waals surface area contributed by atoms with Crippen LogP contribution in [-0.2, 0) is 22.4 Å². The minimum absolute atomic E-state index is 0.0345. The molecule has 0 spiro atoms. The van der Waals surface area contributed by atoms with Crippen LogP contribution in [0.2, 0.25) is 0 Å². The topological polar surface area (TPSA) is 58.6 Å². The molecule has 1 unspecified atom stereocenters. The van der Waals surface area contributed by atoms with E-state index in [9.17, 15) is 9.90 Å². The van der Waals surface area contributed by atoms with Crippen LogP contribution in [0.15, 0.2) is 54.6 Å². The highest BCUT2D eigenvalue weighted by Crippen LogP contribution is 2.32. The van der Waals surface area contributed by atoms with Crippen LogP contribution in [0.3, 0.4) is 0 Å². The Morgan fingerprint density at radius 3 is 2.85 bits per heavy atom. The summed E-state index contributed by atoms with van der Waals surface area (Å²) in [6.07, 6.45) is 6.04. The Bertz CT molecular complexity index is 770. The van der Waals surface area contributed by atoms with Crippen LogP contribution in [0.5, 0.6) is 0 Å². The van der Waals surface area contributed by atoms with E-state index in [4.69, 9.17) is 0 Å². The summed E-state index contributed by atoms with van der Waals surface area (Å²) in [5.74, 6) is -0.350. The van der Waals surface area contributed by atoms with Gasteiger partial charge in [0, 0.05) is 18.2 Å². The Labute approximate surface area is 154 Å². The van der Waals surface area contributed by atoms with Gasteiger partial charge in [0.05, 0.1) is 13.7 Å². The number of aryl methyl sites for hydroxylation is 1. The molecule has 0 heterocycles. The van der Waals surface area contributed by atoms with Gasteiger partial charge in [-0.15, -0.1) is 0 Å². The number of aliphatic hydroxyl groups excluding tert-OH is 1. The van der Waals surface area contributed by atoms with Gasteiger partial charge < -0.3 is 15.2 Å². The number of ether oxygens (including phenoxy) is 1. The third kappa shape index (κ3) is 4.59. The SMILES string of the molecule is COC(=O)C=Cc1ccc2c(c1)CCC2N[C@@H](CO)Cc1ccccc1. The van der Waals surface area contributed by atoms with Gasteiger partial charge >= 0.3 is 5.97 Å². The molecule has 2 atom stereocenters. The zero-order valence-electron chi connectivity index (χ0n) is 15.0. The van der Waals surface area contributed by atoms with Crippen LogP contribution in [0.4, 0.5) is 0 Å². The maximum absolute atomic E-state index is 11.2. The number of hydrogen-bond donors (Lipinski definition) is 2. The molecule has 3 rings (SSSR count). The number of hydrogen-bond acceptors (Lipinski definition) is 4. The molecule has 136 valence electrons. The highest BCUT2D eigenvalue weighted by Gasteiger charge is 2.24. The van der Waals surface area contributed by atoms with Crippen molar-refractivity contribution in [3.05, 3.63) is 76.9 Å². The number of methoxy groups -OCH3 is 1. The first-order valence-corrected chi connectivity index (χ1v) is 8.99. The second kappa shape index (κ2) is 8.79. The van der Waals surface area contributed by atoms with Crippen LogP contribution >= 0.6 is 0 Å². The molecule has 0 amide bonds. The third-order valence-electron chi connectivity index (χ3n) is 4.84. The summed E-state index contributed by atoms with van der Waals surface area (Å²) in [6, 6.07) is 16.8. The zero-order valence-corrected chi connectivity index (χ0v) is 15.0. The standard InChI is InChI=1S/C22H25NO3/c1-26-22(25)12-8-17-7-10-20-18(13-17)9-11-21(20)23-19(15-24)14-16-5-3-2-4-6-16/h2-8,10,12-13,19,21,23-24H,9,11,14-15H2,1H3/t19-,21?/m1/s1. The Hall–Kier alpha value is -2.43. The zero-order chi connectivity index (χ0) is 18.4. The van der Waals surface area contributed by atoms with Crippen LogP contribution in [-0.4, -0.2) is 30.8 Å². The van der Waals surface area contributed by atoms with Gasteiger partial charge in [0.2, 0.25) is 0 Å². The maximum atomic E-state index is 11.2. The predicted octanol–water partition coefficient (Wildman–Crippen LogP) is 3.05. The van der Waals surface area contributed by atoms with Crippen molar-refractivity contribution in [2.45, 2.75) is 31.3 Å². The van der Waals surface area contributed by atoms with Crippen molar-refractivity contribution < 1.29 is 14.6 Å². The highest BCUT2D eigenvalue weighted by molar-refractivity contribution is 5.86. The smallest absolute Gasteiger partial charge is 0.330 e. The van der Waals surface area contributed by atoms with Crippen LogP contribution in [0.1, 0.15) is 34.7 Å². The van der Waals surface area contributed by atoms with E-state index in [1.54, 1.807) is 6.08 Å². The summed E-state index contributed by atoms with van der Waals surface area (Å²) in [7, 11) is 1.37.